The van der Waals surface area contributed by atoms with Gasteiger partial charge in [-0.15, -0.1) is 0 Å². The van der Waals surface area contributed by atoms with Crippen molar-refractivity contribution in [1.29, 1.82) is 0 Å². The van der Waals surface area contributed by atoms with Crippen LogP contribution in [0.4, 0.5) is 5.82 Å². The Kier molecular flexibility index (Phi) is 5.38. The van der Waals surface area contributed by atoms with E-state index in [1.165, 1.54) is 0 Å². The lowest BCUT2D eigenvalue weighted by Crippen LogP contribution is -2.42. The number of nitrogens with one attached hydrogen (secondary N) is 1. The van der Waals surface area contributed by atoms with Crippen LogP contribution in [0.3, 0.4) is 0 Å². The normalized spacial score (nSPS) is 15.2. The number of benzene rings is 1. The largest absolute Gasteiger partial charge is 0.360 e. The molecule has 2 aromatic rings. The zero-order chi connectivity index (χ0) is 17.8. The van der Waals surface area contributed by atoms with E-state index in [0.29, 0.717) is 49.0 Å². The molecule has 1 aliphatic rings. The first-order valence-electron chi connectivity index (χ1n) is 8.27. The summed E-state index contributed by atoms with van der Waals surface area (Å²) in [5, 5.41) is 7.19. The minimum atomic E-state index is -0.114. The number of likely N-dealkylation sites (tertiary alicyclic amines) is 1. The van der Waals surface area contributed by atoms with Crippen LogP contribution in [-0.4, -0.2) is 35.0 Å². The van der Waals surface area contributed by atoms with Gasteiger partial charge >= 0.3 is 0 Å². The van der Waals surface area contributed by atoms with Crippen molar-refractivity contribution in [3.63, 3.8) is 0 Å². The van der Waals surface area contributed by atoms with Crippen molar-refractivity contribution in [2.24, 2.45) is 5.92 Å². The molecule has 2 amide bonds. The molecule has 0 bridgehead atoms. The second kappa shape index (κ2) is 7.70. The van der Waals surface area contributed by atoms with Crippen LogP contribution in [-0.2, 0) is 16.0 Å². The summed E-state index contributed by atoms with van der Waals surface area (Å²) < 4.78 is 4.94. The number of halogens is 1. The van der Waals surface area contributed by atoms with Crippen molar-refractivity contribution in [2.75, 3.05) is 18.4 Å². The fourth-order valence-corrected chi connectivity index (χ4v) is 3.06. The molecule has 0 unspecified atom stereocenters. The summed E-state index contributed by atoms with van der Waals surface area (Å²) in [6.07, 6.45) is 1.65. The van der Waals surface area contributed by atoms with E-state index < -0.39 is 0 Å². The van der Waals surface area contributed by atoms with Crippen molar-refractivity contribution in [3.05, 3.63) is 46.7 Å². The van der Waals surface area contributed by atoms with Gasteiger partial charge < -0.3 is 14.7 Å². The topological polar surface area (TPSA) is 75.4 Å². The number of nitrogens with zero attached hydrogens (tertiary/aromatic N) is 2. The fourth-order valence-electron chi connectivity index (χ4n) is 2.93. The molecule has 1 fully saturated rings. The number of carbonyl (C=O) groups is 2. The van der Waals surface area contributed by atoms with Crippen LogP contribution in [0.5, 0.6) is 0 Å². The maximum absolute atomic E-state index is 12.4. The molecule has 2 heterocycles. The smallest absolute Gasteiger partial charge is 0.228 e. The highest BCUT2D eigenvalue weighted by molar-refractivity contribution is 6.30. The quantitative estimate of drug-likeness (QED) is 0.908. The van der Waals surface area contributed by atoms with Crippen LogP contribution in [0.15, 0.2) is 34.9 Å². The Bertz CT molecular complexity index is 749. The van der Waals surface area contributed by atoms with E-state index in [2.05, 4.69) is 10.5 Å². The first-order valence-corrected chi connectivity index (χ1v) is 8.65. The van der Waals surface area contributed by atoms with E-state index in [4.69, 9.17) is 16.1 Å². The van der Waals surface area contributed by atoms with Crippen LogP contribution in [0.1, 0.15) is 24.2 Å². The van der Waals surface area contributed by atoms with Crippen molar-refractivity contribution in [2.45, 2.75) is 26.2 Å². The number of carbonyl (C=O) groups excluding carboxylic acids is 2. The zero-order valence-electron chi connectivity index (χ0n) is 14.0. The van der Waals surface area contributed by atoms with Crippen LogP contribution in [0.2, 0.25) is 5.02 Å². The summed E-state index contributed by atoms with van der Waals surface area (Å²) in [6.45, 7) is 2.94. The van der Waals surface area contributed by atoms with Gasteiger partial charge in [-0.05, 0) is 37.5 Å². The van der Waals surface area contributed by atoms with Crippen molar-refractivity contribution < 1.29 is 14.1 Å². The van der Waals surface area contributed by atoms with E-state index in [1.54, 1.807) is 25.1 Å². The van der Waals surface area contributed by atoms with Gasteiger partial charge in [-0.2, -0.15) is 0 Å². The minimum Gasteiger partial charge on any atom is -0.360 e. The Morgan fingerprint density at radius 2 is 1.96 bits per heavy atom. The molecule has 3 rings (SSSR count). The summed E-state index contributed by atoms with van der Waals surface area (Å²) in [5.74, 6) is 0.977. The molecule has 7 heteroatoms. The number of anilines is 1. The molecular formula is C18H20ClN3O3. The lowest BCUT2D eigenvalue weighted by atomic mass is 9.95. The molecule has 1 aromatic heterocycles. The third-order valence-electron chi connectivity index (χ3n) is 4.37. The number of aromatic nitrogens is 1. The van der Waals surface area contributed by atoms with Crippen LogP contribution in [0, 0.1) is 12.8 Å². The summed E-state index contributed by atoms with van der Waals surface area (Å²) in [7, 11) is 0. The molecular weight excluding hydrogens is 342 g/mol. The molecule has 0 radical (unpaired) electrons. The summed E-state index contributed by atoms with van der Waals surface area (Å²) in [4.78, 5) is 26.5. The number of hydrogen-bond acceptors (Lipinski definition) is 4. The lowest BCUT2D eigenvalue weighted by molar-refractivity contribution is -0.133. The fraction of sp³-hybridized carbons (Fsp3) is 0.389. The first kappa shape index (κ1) is 17.5. The predicted octanol–water partition coefficient (Wildman–Crippen LogP) is 3.06. The molecule has 25 heavy (non-hydrogen) atoms. The van der Waals surface area contributed by atoms with Gasteiger partial charge in [-0.3, -0.25) is 9.59 Å². The monoisotopic (exact) mass is 361 g/mol. The average Bonchev–Trinajstić information content (AvgIpc) is 3.02. The molecule has 0 aliphatic carbocycles. The van der Waals surface area contributed by atoms with Gasteiger partial charge in [-0.25, -0.2) is 0 Å². The Balaban J connectivity index is 1.48. The van der Waals surface area contributed by atoms with Gasteiger partial charge in [0.15, 0.2) is 5.82 Å². The molecule has 0 saturated carbocycles. The SMILES string of the molecule is Cc1cc(NC(=O)C2CCN(C(=O)Cc3ccc(Cl)cc3)CC2)no1. The van der Waals surface area contributed by atoms with Gasteiger partial charge in [0.1, 0.15) is 5.76 Å². The lowest BCUT2D eigenvalue weighted by Gasteiger charge is -2.31. The van der Waals surface area contributed by atoms with E-state index in [0.717, 1.165) is 5.56 Å². The minimum absolute atomic E-state index is 0.0712. The van der Waals surface area contributed by atoms with Gasteiger partial charge in [0, 0.05) is 30.1 Å². The maximum atomic E-state index is 12.4. The summed E-state index contributed by atoms with van der Waals surface area (Å²) >= 11 is 5.86. The second-order valence-corrected chi connectivity index (χ2v) is 6.71. The van der Waals surface area contributed by atoms with Crippen molar-refractivity contribution in [3.8, 4) is 0 Å². The Morgan fingerprint density at radius 3 is 2.56 bits per heavy atom. The number of hydrogen-bond donors (Lipinski definition) is 1. The summed E-state index contributed by atoms with van der Waals surface area (Å²) in [5.41, 5.74) is 0.940. The van der Waals surface area contributed by atoms with E-state index >= 15 is 0 Å². The standard InChI is InChI=1S/C18H20ClN3O3/c1-12-10-16(21-25-12)20-18(24)14-6-8-22(9-7-14)17(23)11-13-2-4-15(19)5-3-13/h2-5,10,14H,6-9,11H2,1H3,(H,20,21,24). The zero-order valence-corrected chi connectivity index (χ0v) is 14.8. The first-order chi connectivity index (χ1) is 12.0. The highest BCUT2D eigenvalue weighted by Crippen LogP contribution is 2.20. The van der Waals surface area contributed by atoms with E-state index in [-0.39, 0.29) is 17.7 Å². The Labute approximate surface area is 151 Å². The predicted molar refractivity (Wildman–Crippen MR) is 94.3 cm³/mol. The van der Waals surface area contributed by atoms with Gasteiger partial charge in [-0.1, -0.05) is 28.9 Å². The molecule has 132 valence electrons. The summed E-state index contributed by atoms with van der Waals surface area (Å²) in [6, 6.07) is 8.97. The number of piperidine rings is 1. The Hall–Kier alpha value is -2.34. The molecule has 0 spiro atoms. The third kappa shape index (κ3) is 4.60. The number of aryl methyl sites for hydroxylation is 1. The number of rotatable bonds is 4. The van der Waals surface area contributed by atoms with Crippen molar-refractivity contribution >= 4 is 29.2 Å². The van der Waals surface area contributed by atoms with Crippen LogP contribution >= 0.6 is 11.6 Å². The molecule has 1 N–H and O–H groups in total. The van der Waals surface area contributed by atoms with Crippen LogP contribution < -0.4 is 5.32 Å². The molecule has 1 saturated heterocycles. The highest BCUT2D eigenvalue weighted by atomic mass is 35.5. The second-order valence-electron chi connectivity index (χ2n) is 6.27. The molecule has 1 aliphatic heterocycles. The highest BCUT2D eigenvalue weighted by Gasteiger charge is 2.27. The van der Waals surface area contributed by atoms with Gasteiger partial charge in [0.05, 0.1) is 6.42 Å². The van der Waals surface area contributed by atoms with Gasteiger partial charge in [0.25, 0.3) is 0 Å². The van der Waals surface area contributed by atoms with Gasteiger partial charge in [0.2, 0.25) is 11.8 Å². The third-order valence-corrected chi connectivity index (χ3v) is 4.62. The average molecular weight is 362 g/mol. The van der Waals surface area contributed by atoms with E-state index in [1.807, 2.05) is 17.0 Å². The van der Waals surface area contributed by atoms with E-state index in [9.17, 15) is 9.59 Å². The van der Waals surface area contributed by atoms with Crippen LogP contribution in [0.25, 0.3) is 0 Å². The molecule has 1 aromatic carbocycles. The van der Waals surface area contributed by atoms with Crippen molar-refractivity contribution in [1.82, 2.24) is 10.1 Å². The maximum Gasteiger partial charge on any atom is 0.228 e. The molecule has 0 atom stereocenters. The molecule has 6 nitrogen and oxygen atoms in total. The number of amides is 2. The Morgan fingerprint density at radius 1 is 1.28 bits per heavy atom.